The molecular weight excluding hydrogens is 421 g/mol. The maximum atomic E-state index is 12.9. The zero-order valence-corrected chi connectivity index (χ0v) is 17.2. The van der Waals surface area contributed by atoms with E-state index < -0.39 is 11.9 Å². The molecule has 1 aromatic carbocycles. The van der Waals surface area contributed by atoms with Gasteiger partial charge in [0.25, 0.3) is 0 Å². The number of aryl methyl sites for hydroxylation is 1. The van der Waals surface area contributed by atoms with E-state index in [-0.39, 0.29) is 17.9 Å². The zero-order valence-electron chi connectivity index (χ0n) is 17.2. The minimum atomic E-state index is -4.55. The average Bonchev–Trinajstić information content (AvgIpc) is 3.23. The molecule has 3 heterocycles. The molecule has 0 unspecified atom stereocenters. The second-order valence-electron chi connectivity index (χ2n) is 7.63. The molecule has 0 aliphatic carbocycles. The number of nitrogens with one attached hydrogen (secondary N) is 1. The van der Waals surface area contributed by atoms with Crippen LogP contribution in [0.5, 0.6) is 0 Å². The van der Waals surface area contributed by atoms with Gasteiger partial charge in [-0.15, -0.1) is 0 Å². The first kappa shape index (κ1) is 21.5. The number of amides is 1. The van der Waals surface area contributed by atoms with Crippen LogP contribution in [0.3, 0.4) is 0 Å². The molecule has 0 saturated carbocycles. The molecule has 1 saturated heterocycles. The first-order valence-corrected chi connectivity index (χ1v) is 10.0. The fourth-order valence-electron chi connectivity index (χ4n) is 3.79. The van der Waals surface area contributed by atoms with Crippen molar-refractivity contribution in [2.45, 2.75) is 32.0 Å². The number of hydrogen-bond donors (Lipinski definition) is 2. The van der Waals surface area contributed by atoms with Crippen LogP contribution >= 0.6 is 0 Å². The minimum Gasteiger partial charge on any atom is -0.368 e. The van der Waals surface area contributed by atoms with Gasteiger partial charge in [0.15, 0.2) is 0 Å². The lowest BCUT2D eigenvalue weighted by Crippen LogP contribution is -2.40. The maximum Gasteiger partial charge on any atom is 0.433 e. The predicted molar refractivity (Wildman–Crippen MR) is 114 cm³/mol. The van der Waals surface area contributed by atoms with E-state index >= 15 is 0 Å². The number of anilines is 3. The summed E-state index contributed by atoms with van der Waals surface area (Å²) in [6, 6.07) is 9.71. The number of pyridine rings is 1. The highest BCUT2D eigenvalue weighted by Gasteiger charge is 2.33. The van der Waals surface area contributed by atoms with Crippen molar-refractivity contribution in [3.05, 3.63) is 60.0 Å². The van der Waals surface area contributed by atoms with Crippen LogP contribution in [-0.2, 0) is 11.0 Å². The van der Waals surface area contributed by atoms with E-state index in [0.29, 0.717) is 17.9 Å². The Bertz CT molecular complexity index is 1130. The molecule has 0 bridgehead atoms. The minimum absolute atomic E-state index is 0.142. The van der Waals surface area contributed by atoms with E-state index in [4.69, 9.17) is 5.73 Å². The normalized spacial score (nSPS) is 16.2. The Balaban J connectivity index is 1.57. The van der Waals surface area contributed by atoms with Crippen molar-refractivity contribution in [2.75, 3.05) is 16.8 Å². The molecule has 1 fully saturated rings. The van der Waals surface area contributed by atoms with Gasteiger partial charge in [0.1, 0.15) is 17.6 Å². The Morgan fingerprint density at radius 2 is 1.97 bits per heavy atom. The highest BCUT2D eigenvalue weighted by atomic mass is 19.4. The number of nitrogens with two attached hydrogens (primary N) is 1. The number of carbonyl (C=O) groups is 1. The number of primary amides is 1. The number of halogens is 3. The molecule has 3 aromatic rings. The highest BCUT2D eigenvalue weighted by molar-refractivity contribution is 5.84. The van der Waals surface area contributed by atoms with Crippen LogP contribution in [0, 0.1) is 6.92 Å². The van der Waals surface area contributed by atoms with Gasteiger partial charge in [0.05, 0.1) is 0 Å². The van der Waals surface area contributed by atoms with E-state index in [1.807, 2.05) is 30.0 Å². The van der Waals surface area contributed by atoms with Gasteiger partial charge in [-0.25, -0.2) is 15.0 Å². The molecule has 32 heavy (non-hydrogen) atoms. The number of hydrogen-bond acceptors (Lipinski definition) is 6. The Morgan fingerprint density at radius 3 is 2.66 bits per heavy atom. The van der Waals surface area contributed by atoms with Crippen LogP contribution in [0.15, 0.2) is 48.8 Å². The van der Waals surface area contributed by atoms with E-state index in [9.17, 15) is 18.0 Å². The topological polar surface area (TPSA) is 97.0 Å². The SMILES string of the molecule is Cc1cc(Nc2nccc(C(F)(F)F)n2)cc(-c2ccc(N3CCC[C@H]3C(N)=O)nc2)c1. The van der Waals surface area contributed by atoms with E-state index in [0.717, 1.165) is 41.9 Å². The molecule has 3 N–H and O–H groups in total. The third-order valence-electron chi connectivity index (χ3n) is 5.24. The molecular formula is C22H21F3N6O. The highest BCUT2D eigenvalue weighted by Crippen LogP contribution is 2.30. The van der Waals surface area contributed by atoms with Crippen molar-refractivity contribution >= 4 is 23.4 Å². The molecule has 0 spiro atoms. The van der Waals surface area contributed by atoms with Crippen LogP contribution < -0.4 is 16.0 Å². The Labute approximate surface area is 182 Å². The molecule has 10 heteroatoms. The fourth-order valence-corrected chi connectivity index (χ4v) is 3.79. The summed E-state index contributed by atoms with van der Waals surface area (Å²) in [5, 5.41) is 2.84. The number of benzene rings is 1. The molecule has 2 aromatic heterocycles. The number of rotatable bonds is 5. The summed E-state index contributed by atoms with van der Waals surface area (Å²) in [4.78, 5) is 25.5. The standard InChI is InChI=1S/C22H21F3N6O/c1-13-9-15(11-16(10-13)29-21-27-7-6-18(30-21)22(23,24)25)14-4-5-19(28-12-14)31-8-2-3-17(31)20(26)32/h4-7,9-12,17H,2-3,8H2,1H3,(H2,26,32)(H,27,29,30)/t17-/m0/s1. The quantitative estimate of drug-likeness (QED) is 0.619. The van der Waals surface area contributed by atoms with Crippen molar-refractivity contribution in [1.29, 1.82) is 0 Å². The molecule has 1 atom stereocenters. The summed E-state index contributed by atoms with van der Waals surface area (Å²) in [6.07, 6.45) is -0.196. The largest absolute Gasteiger partial charge is 0.433 e. The van der Waals surface area contributed by atoms with Crippen molar-refractivity contribution < 1.29 is 18.0 Å². The predicted octanol–water partition coefficient (Wildman–Crippen LogP) is 4.06. The van der Waals surface area contributed by atoms with Crippen molar-refractivity contribution in [3.8, 4) is 11.1 Å². The second-order valence-corrected chi connectivity index (χ2v) is 7.63. The number of aromatic nitrogens is 3. The Hall–Kier alpha value is -3.69. The van der Waals surface area contributed by atoms with Gasteiger partial charge in [-0.3, -0.25) is 4.79 Å². The number of carbonyl (C=O) groups excluding carboxylic acids is 1. The third kappa shape index (κ3) is 4.63. The van der Waals surface area contributed by atoms with Crippen molar-refractivity contribution in [3.63, 3.8) is 0 Å². The van der Waals surface area contributed by atoms with E-state index in [2.05, 4.69) is 20.3 Å². The smallest absolute Gasteiger partial charge is 0.368 e. The molecule has 166 valence electrons. The summed E-state index contributed by atoms with van der Waals surface area (Å²) >= 11 is 0. The summed E-state index contributed by atoms with van der Waals surface area (Å²) in [6.45, 7) is 2.60. The molecule has 7 nitrogen and oxygen atoms in total. The number of nitrogens with zero attached hydrogens (tertiary/aromatic N) is 4. The van der Waals surface area contributed by atoms with Crippen LogP contribution in [-0.4, -0.2) is 33.4 Å². The Morgan fingerprint density at radius 1 is 1.16 bits per heavy atom. The zero-order chi connectivity index (χ0) is 22.9. The first-order valence-electron chi connectivity index (χ1n) is 10.0. The van der Waals surface area contributed by atoms with E-state index in [1.165, 1.54) is 0 Å². The summed E-state index contributed by atoms with van der Waals surface area (Å²) < 4.78 is 38.7. The van der Waals surface area contributed by atoms with Crippen LogP contribution in [0.1, 0.15) is 24.1 Å². The Kier molecular flexibility index (Phi) is 5.68. The van der Waals surface area contributed by atoms with Gasteiger partial charge in [-0.1, -0.05) is 6.07 Å². The van der Waals surface area contributed by atoms with Gasteiger partial charge in [0.2, 0.25) is 11.9 Å². The maximum absolute atomic E-state index is 12.9. The van der Waals surface area contributed by atoms with Gasteiger partial charge >= 0.3 is 6.18 Å². The van der Waals surface area contributed by atoms with Gasteiger partial charge in [-0.05, 0) is 61.2 Å². The van der Waals surface area contributed by atoms with Crippen LogP contribution in [0.2, 0.25) is 0 Å². The lowest BCUT2D eigenvalue weighted by Gasteiger charge is -2.23. The lowest BCUT2D eigenvalue weighted by atomic mass is 10.0. The monoisotopic (exact) mass is 442 g/mol. The molecule has 1 amide bonds. The summed E-state index contributed by atoms with van der Waals surface area (Å²) in [7, 11) is 0. The first-order chi connectivity index (χ1) is 15.2. The molecule has 0 radical (unpaired) electrons. The van der Waals surface area contributed by atoms with Gasteiger partial charge in [0, 0.05) is 30.2 Å². The van der Waals surface area contributed by atoms with E-state index in [1.54, 1.807) is 18.3 Å². The number of alkyl halides is 3. The lowest BCUT2D eigenvalue weighted by molar-refractivity contribution is -0.141. The van der Waals surface area contributed by atoms with Crippen molar-refractivity contribution in [2.24, 2.45) is 5.73 Å². The average molecular weight is 442 g/mol. The van der Waals surface area contributed by atoms with Gasteiger partial charge in [-0.2, -0.15) is 13.2 Å². The molecule has 4 rings (SSSR count). The molecule has 1 aliphatic rings. The van der Waals surface area contributed by atoms with Gasteiger partial charge < -0.3 is 16.0 Å². The molecule has 1 aliphatic heterocycles. The van der Waals surface area contributed by atoms with Crippen molar-refractivity contribution in [1.82, 2.24) is 15.0 Å². The van der Waals surface area contributed by atoms with Crippen LogP contribution in [0.4, 0.5) is 30.6 Å². The second kappa shape index (κ2) is 8.45. The van der Waals surface area contributed by atoms with Crippen LogP contribution in [0.25, 0.3) is 11.1 Å². The fraction of sp³-hybridized carbons (Fsp3) is 0.273. The summed E-state index contributed by atoms with van der Waals surface area (Å²) in [5.41, 5.74) is 7.57. The summed E-state index contributed by atoms with van der Waals surface area (Å²) in [5.74, 6) is 0.175. The third-order valence-corrected chi connectivity index (χ3v) is 5.24.